The van der Waals surface area contributed by atoms with E-state index >= 15 is 0 Å². The molecule has 4 heteroatoms. The first-order valence-corrected chi connectivity index (χ1v) is 5.81. The van der Waals surface area contributed by atoms with E-state index in [-0.39, 0.29) is 18.3 Å². The average molecular weight is 239 g/mol. The maximum absolute atomic E-state index is 13.4. The van der Waals surface area contributed by atoms with Gasteiger partial charge in [0.1, 0.15) is 5.82 Å². The molecule has 0 saturated heterocycles. The molecule has 0 amide bonds. The van der Waals surface area contributed by atoms with Crippen molar-refractivity contribution in [3.8, 4) is 0 Å². The number of rotatable bonds is 7. The molecule has 1 atom stereocenters. The topological polar surface area (TPSA) is 49.3 Å². The third-order valence-corrected chi connectivity index (χ3v) is 2.64. The van der Waals surface area contributed by atoms with Crippen LogP contribution in [0.25, 0.3) is 0 Å². The monoisotopic (exact) mass is 239 g/mol. The minimum Gasteiger partial charge on any atom is -0.481 e. The lowest BCUT2D eigenvalue weighted by Crippen LogP contribution is -2.20. The largest absolute Gasteiger partial charge is 0.481 e. The summed E-state index contributed by atoms with van der Waals surface area (Å²) in [7, 11) is 0. The van der Waals surface area contributed by atoms with Gasteiger partial charge < -0.3 is 10.4 Å². The Morgan fingerprint density at radius 3 is 2.76 bits per heavy atom. The van der Waals surface area contributed by atoms with Crippen molar-refractivity contribution in [2.75, 3.05) is 6.54 Å². The molecule has 94 valence electrons. The Balaban J connectivity index is 2.28. The van der Waals surface area contributed by atoms with Crippen LogP contribution in [0.1, 0.15) is 37.8 Å². The number of carbonyl (C=O) groups is 1. The molecule has 0 aromatic heterocycles. The van der Waals surface area contributed by atoms with Crippen LogP contribution in [0, 0.1) is 5.82 Å². The van der Waals surface area contributed by atoms with E-state index in [1.807, 2.05) is 6.92 Å². The number of benzene rings is 1. The number of carboxylic acids is 1. The molecule has 2 N–H and O–H groups in total. The lowest BCUT2D eigenvalue weighted by molar-refractivity contribution is -0.137. The molecule has 3 nitrogen and oxygen atoms in total. The summed E-state index contributed by atoms with van der Waals surface area (Å²) in [6.07, 6.45) is 1.62. The van der Waals surface area contributed by atoms with Crippen molar-refractivity contribution in [3.63, 3.8) is 0 Å². The number of carboxylic acid groups (broad SMARTS) is 1. The molecule has 0 aliphatic rings. The SMILES string of the molecule is C[C@@H](NCCCCC(=O)O)c1ccccc1F. The van der Waals surface area contributed by atoms with Crippen LogP contribution in [-0.4, -0.2) is 17.6 Å². The van der Waals surface area contributed by atoms with E-state index < -0.39 is 5.97 Å². The van der Waals surface area contributed by atoms with Crippen LogP contribution in [0.2, 0.25) is 0 Å². The second kappa shape index (κ2) is 7.01. The third kappa shape index (κ3) is 4.95. The van der Waals surface area contributed by atoms with Gasteiger partial charge in [-0.3, -0.25) is 4.79 Å². The summed E-state index contributed by atoms with van der Waals surface area (Å²) in [6.45, 7) is 2.60. The molecule has 0 aliphatic heterocycles. The number of nitrogens with one attached hydrogen (secondary N) is 1. The second-order valence-electron chi connectivity index (χ2n) is 4.05. The van der Waals surface area contributed by atoms with Gasteiger partial charge in [0.25, 0.3) is 0 Å². The van der Waals surface area contributed by atoms with Gasteiger partial charge >= 0.3 is 5.97 Å². The summed E-state index contributed by atoms with van der Waals surface area (Å²) in [6, 6.07) is 6.61. The van der Waals surface area contributed by atoms with Gasteiger partial charge in [-0.15, -0.1) is 0 Å². The quantitative estimate of drug-likeness (QED) is 0.719. The molecule has 0 bridgehead atoms. The highest BCUT2D eigenvalue weighted by Gasteiger charge is 2.08. The zero-order valence-corrected chi connectivity index (χ0v) is 9.95. The van der Waals surface area contributed by atoms with E-state index in [0.29, 0.717) is 18.5 Å². The molecule has 0 unspecified atom stereocenters. The van der Waals surface area contributed by atoms with Gasteiger partial charge in [-0.2, -0.15) is 0 Å². The lowest BCUT2D eigenvalue weighted by Gasteiger charge is -2.14. The van der Waals surface area contributed by atoms with E-state index in [4.69, 9.17) is 5.11 Å². The van der Waals surface area contributed by atoms with E-state index in [9.17, 15) is 9.18 Å². The molecule has 0 fully saturated rings. The van der Waals surface area contributed by atoms with Crippen LogP contribution in [0.5, 0.6) is 0 Å². The summed E-state index contributed by atoms with van der Waals surface area (Å²) >= 11 is 0. The molecule has 17 heavy (non-hydrogen) atoms. The van der Waals surface area contributed by atoms with E-state index in [1.165, 1.54) is 6.07 Å². The van der Waals surface area contributed by atoms with Crippen LogP contribution in [0.3, 0.4) is 0 Å². The van der Waals surface area contributed by atoms with Crippen LogP contribution in [0.15, 0.2) is 24.3 Å². The van der Waals surface area contributed by atoms with Gasteiger partial charge in [-0.05, 0) is 32.4 Å². The van der Waals surface area contributed by atoms with Crippen molar-refractivity contribution in [2.24, 2.45) is 0 Å². The molecule has 1 aromatic rings. The Kier molecular flexibility index (Phi) is 5.63. The number of unbranched alkanes of at least 4 members (excludes halogenated alkanes) is 1. The third-order valence-electron chi connectivity index (χ3n) is 2.64. The number of hydrogen-bond acceptors (Lipinski definition) is 2. The van der Waals surface area contributed by atoms with Crippen LogP contribution in [-0.2, 0) is 4.79 Å². The molecule has 0 radical (unpaired) electrons. The zero-order valence-electron chi connectivity index (χ0n) is 9.95. The van der Waals surface area contributed by atoms with E-state index in [2.05, 4.69) is 5.32 Å². The smallest absolute Gasteiger partial charge is 0.303 e. The lowest BCUT2D eigenvalue weighted by atomic mass is 10.1. The maximum Gasteiger partial charge on any atom is 0.303 e. The Morgan fingerprint density at radius 1 is 1.41 bits per heavy atom. The zero-order chi connectivity index (χ0) is 12.7. The summed E-state index contributed by atoms with van der Waals surface area (Å²) in [5.41, 5.74) is 0.644. The Labute approximate surface area is 101 Å². The first kappa shape index (κ1) is 13.6. The van der Waals surface area contributed by atoms with E-state index in [1.54, 1.807) is 18.2 Å². The fourth-order valence-corrected chi connectivity index (χ4v) is 1.66. The average Bonchev–Trinajstić information content (AvgIpc) is 2.28. The van der Waals surface area contributed by atoms with E-state index in [0.717, 1.165) is 6.42 Å². The van der Waals surface area contributed by atoms with Crippen LogP contribution < -0.4 is 5.32 Å². The van der Waals surface area contributed by atoms with Gasteiger partial charge in [-0.1, -0.05) is 18.2 Å². The van der Waals surface area contributed by atoms with Crippen LogP contribution in [0.4, 0.5) is 4.39 Å². The summed E-state index contributed by atoms with van der Waals surface area (Å²) < 4.78 is 13.4. The van der Waals surface area contributed by atoms with Gasteiger partial charge in [-0.25, -0.2) is 4.39 Å². The predicted molar refractivity (Wildman–Crippen MR) is 64.3 cm³/mol. The number of halogens is 1. The minimum atomic E-state index is -0.771. The summed E-state index contributed by atoms with van der Waals surface area (Å²) in [4.78, 5) is 10.3. The van der Waals surface area contributed by atoms with Crippen molar-refractivity contribution in [3.05, 3.63) is 35.6 Å². The normalized spacial score (nSPS) is 12.4. The summed E-state index contributed by atoms with van der Waals surface area (Å²) in [5, 5.41) is 11.6. The van der Waals surface area contributed by atoms with Gasteiger partial charge in [0.15, 0.2) is 0 Å². The molecule has 0 aliphatic carbocycles. The standard InChI is InChI=1S/C13H18FNO2/c1-10(11-6-2-3-7-12(11)14)15-9-5-4-8-13(16)17/h2-3,6-7,10,15H,4-5,8-9H2,1H3,(H,16,17)/t10-/m1/s1. The molecule has 1 aromatic carbocycles. The van der Waals surface area contributed by atoms with Crippen molar-refractivity contribution in [2.45, 2.75) is 32.2 Å². The highest BCUT2D eigenvalue weighted by molar-refractivity contribution is 5.66. The second-order valence-corrected chi connectivity index (χ2v) is 4.05. The summed E-state index contributed by atoms with van der Waals surface area (Å²) in [5.74, 6) is -0.981. The highest BCUT2D eigenvalue weighted by atomic mass is 19.1. The Morgan fingerprint density at radius 2 is 2.12 bits per heavy atom. The van der Waals surface area contributed by atoms with Crippen molar-refractivity contribution in [1.29, 1.82) is 0 Å². The number of aliphatic carboxylic acids is 1. The Bertz CT molecular complexity index is 368. The van der Waals surface area contributed by atoms with Gasteiger partial charge in [0.2, 0.25) is 0 Å². The van der Waals surface area contributed by atoms with Crippen molar-refractivity contribution < 1.29 is 14.3 Å². The molecule has 0 spiro atoms. The fraction of sp³-hybridized carbons (Fsp3) is 0.462. The molecule has 0 heterocycles. The highest BCUT2D eigenvalue weighted by Crippen LogP contribution is 2.15. The molecule has 1 rings (SSSR count). The number of hydrogen-bond donors (Lipinski definition) is 2. The predicted octanol–water partition coefficient (Wildman–Crippen LogP) is 2.73. The Hall–Kier alpha value is -1.42. The van der Waals surface area contributed by atoms with Crippen LogP contribution >= 0.6 is 0 Å². The van der Waals surface area contributed by atoms with Crippen molar-refractivity contribution in [1.82, 2.24) is 5.32 Å². The van der Waals surface area contributed by atoms with Gasteiger partial charge in [0, 0.05) is 18.0 Å². The fourth-order valence-electron chi connectivity index (χ4n) is 1.66. The maximum atomic E-state index is 13.4. The molecule has 0 saturated carbocycles. The van der Waals surface area contributed by atoms with Gasteiger partial charge in [0.05, 0.1) is 0 Å². The minimum absolute atomic E-state index is 0.0546. The van der Waals surface area contributed by atoms with Crippen molar-refractivity contribution >= 4 is 5.97 Å². The molecular weight excluding hydrogens is 221 g/mol. The molecular formula is C13H18FNO2. The first-order valence-electron chi connectivity index (χ1n) is 5.81. The first-order chi connectivity index (χ1) is 8.11.